The number of aliphatic carboxylic acids is 1. The van der Waals surface area contributed by atoms with Crippen molar-refractivity contribution < 1.29 is 28.6 Å². The fourth-order valence-corrected chi connectivity index (χ4v) is 1.97. The van der Waals surface area contributed by atoms with Gasteiger partial charge in [-0.25, -0.2) is 4.79 Å². The molecule has 1 rings (SSSR count). The standard InChI is InChI=1S/C12H17FO5/c1-12(2)7(9(12)10(14)15)6-8(13)11(16)18-5-4-17-3/h6-7,9H,4-5H2,1-3H3,(H,14,15)/b8-6+. The van der Waals surface area contributed by atoms with Gasteiger partial charge in [-0.2, -0.15) is 4.39 Å². The van der Waals surface area contributed by atoms with Crippen molar-refractivity contribution in [2.75, 3.05) is 20.3 Å². The van der Waals surface area contributed by atoms with E-state index in [-0.39, 0.29) is 13.2 Å². The second-order valence-electron chi connectivity index (χ2n) is 4.81. The van der Waals surface area contributed by atoms with Gasteiger partial charge in [0.1, 0.15) is 6.61 Å². The van der Waals surface area contributed by atoms with Gasteiger partial charge in [0.2, 0.25) is 5.83 Å². The predicted molar refractivity (Wildman–Crippen MR) is 60.4 cm³/mol. The fourth-order valence-electron chi connectivity index (χ4n) is 1.97. The van der Waals surface area contributed by atoms with Crippen LogP contribution >= 0.6 is 0 Å². The van der Waals surface area contributed by atoms with E-state index in [9.17, 15) is 14.0 Å². The van der Waals surface area contributed by atoms with E-state index in [1.54, 1.807) is 13.8 Å². The molecule has 1 N–H and O–H groups in total. The minimum absolute atomic E-state index is 0.0347. The molecule has 1 aliphatic rings. The van der Waals surface area contributed by atoms with Crippen LogP contribution in [-0.4, -0.2) is 37.4 Å². The van der Waals surface area contributed by atoms with Crippen LogP contribution in [0.4, 0.5) is 4.39 Å². The van der Waals surface area contributed by atoms with Gasteiger partial charge < -0.3 is 14.6 Å². The fraction of sp³-hybridized carbons (Fsp3) is 0.667. The highest BCUT2D eigenvalue weighted by Crippen LogP contribution is 2.59. The maximum Gasteiger partial charge on any atom is 0.366 e. The highest BCUT2D eigenvalue weighted by atomic mass is 19.1. The Labute approximate surface area is 105 Å². The van der Waals surface area contributed by atoms with Crippen molar-refractivity contribution in [3.8, 4) is 0 Å². The molecule has 0 heterocycles. The van der Waals surface area contributed by atoms with Crippen molar-refractivity contribution in [1.29, 1.82) is 0 Å². The molecule has 2 atom stereocenters. The summed E-state index contributed by atoms with van der Waals surface area (Å²) in [5.41, 5.74) is -0.532. The smallest absolute Gasteiger partial charge is 0.366 e. The van der Waals surface area contributed by atoms with Crippen molar-refractivity contribution >= 4 is 11.9 Å². The highest BCUT2D eigenvalue weighted by Gasteiger charge is 2.61. The molecular weight excluding hydrogens is 243 g/mol. The second kappa shape index (κ2) is 5.48. The number of carboxylic acid groups (broad SMARTS) is 1. The first-order valence-corrected chi connectivity index (χ1v) is 5.58. The Hall–Kier alpha value is -1.43. The van der Waals surface area contributed by atoms with Crippen LogP contribution in [0.1, 0.15) is 13.8 Å². The summed E-state index contributed by atoms with van der Waals surface area (Å²) in [6, 6.07) is 0. The van der Waals surface area contributed by atoms with Crippen molar-refractivity contribution in [2.24, 2.45) is 17.3 Å². The van der Waals surface area contributed by atoms with Crippen LogP contribution in [-0.2, 0) is 19.1 Å². The van der Waals surface area contributed by atoms with Gasteiger partial charge in [0.25, 0.3) is 0 Å². The summed E-state index contributed by atoms with van der Waals surface area (Å²) in [6.07, 6.45) is 1.04. The zero-order valence-electron chi connectivity index (χ0n) is 10.6. The molecule has 0 aromatic heterocycles. The topological polar surface area (TPSA) is 72.8 Å². The minimum atomic E-state index is -1.08. The van der Waals surface area contributed by atoms with Crippen LogP contribution in [0.25, 0.3) is 0 Å². The van der Waals surface area contributed by atoms with Crippen LogP contribution in [0.15, 0.2) is 11.9 Å². The Bertz CT molecular complexity index is 375. The quantitative estimate of drug-likeness (QED) is 0.444. The molecule has 5 nitrogen and oxygen atoms in total. The molecule has 0 spiro atoms. The van der Waals surface area contributed by atoms with Crippen LogP contribution in [0, 0.1) is 17.3 Å². The second-order valence-corrected chi connectivity index (χ2v) is 4.81. The van der Waals surface area contributed by atoms with Gasteiger partial charge in [-0.15, -0.1) is 0 Å². The summed E-state index contributed by atoms with van der Waals surface area (Å²) in [5, 5.41) is 8.90. The van der Waals surface area contributed by atoms with Gasteiger partial charge >= 0.3 is 11.9 Å². The molecule has 6 heteroatoms. The zero-order chi connectivity index (χ0) is 13.9. The van der Waals surface area contributed by atoms with E-state index in [4.69, 9.17) is 5.11 Å². The zero-order valence-corrected chi connectivity index (χ0v) is 10.6. The lowest BCUT2D eigenvalue weighted by Crippen LogP contribution is -2.10. The van der Waals surface area contributed by atoms with Gasteiger partial charge in [-0.3, -0.25) is 4.79 Å². The number of hydrogen-bond donors (Lipinski definition) is 1. The largest absolute Gasteiger partial charge is 0.481 e. The van der Waals surface area contributed by atoms with Gasteiger partial charge in [-0.1, -0.05) is 13.8 Å². The van der Waals surface area contributed by atoms with Crippen molar-refractivity contribution in [3.63, 3.8) is 0 Å². The number of hydrogen-bond acceptors (Lipinski definition) is 4. The average molecular weight is 260 g/mol. The van der Waals surface area contributed by atoms with Crippen LogP contribution < -0.4 is 0 Å². The van der Waals surface area contributed by atoms with Crippen molar-refractivity contribution in [3.05, 3.63) is 11.9 Å². The van der Waals surface area contributed by atoms with E-state index >= 15 is 0 Å². The summed E-state index contributed by atoms with van der Waals surface area (Å²) in [7, 11) is 1.43. The number of methoxy groups -OCH3 is 1. The first kappa shape index (κ1) is 14.6. The maximum absolute atomic E-state index is 13.4. The molecule has 0 aromatic carbocycles. The van der Waals surface area contributed by atoms with Gasteiger partial charge in [0.15, 0.2) is 0 Å². The SMILES string of the molecule is COCCOC(=O)/C(F)=C\C1C(C(=O)O)C1(C)C. The molecule has 0 radical (unpaired) electrons. The number of rotatable bonds is 6. The molecule has 1 aliphatic carbocycles. The molecular formula is C12H17FO5. The van der Waals surface area contributed by atoms with Gasteiger partial charge in [0.05, 0.1) is 12.5 Å². The van der Waals surface area contributed by atoms with Crippen LogP contribution in [0.5, 0.6) is 0 Å². The summed E-state index contributed by atoms with van der Waals surface area (Å²) < 4.78 is 22.7. The highest BCUT2D eigenvalue weighted by molar-refractivity contribution is 5.86. The van der Waals surface area contributed by atoms with Crippen LogP contribution in [0.3, 0.4) is 0 Å². The number of allylic oxidation sites excluding steroid dienone is 1. The van der Waals surface area contributed by atoms with Gasteiger partial charge in [-0.05, 0) is 17.4 Å². The third kappa shape index (κ3) is 3.07. The van der Waals surface area contributed by atoms with E-state index in [0.29, 0.717) is 0 Å². The summed E-state index contributed by atoms with van der Waals surface area (Å²) in [6.45, 7) is 3.59. The maximum atomic E-state index is 13.4. The summed E-state index contributed by atoms with van der Waals surface area (Å²) in [5.74, 6) is -4.26. The molecule has 102 valence electrons. The number of esters is 1. The normalized spacial score (nSPS) is 25.7. The monoisotopic (exact) mass is 260 g/mol. The molecule has 0 aliphatic heterocycles. The number of carbonyl (C=O) groups is 2. The average Bonchev–Trinajstić information content (AvgIpc) is 2.80. The van der Waals surface area contributed by atoms with E-state index < -0.39 is 35.0 Å². The lowest BCUT2D eigenvalue weighted by atomic mass is 10.1. The molecule has 0 saturated heterocycles. The lowest BCUT2D eigenvalue weighted by molar-refractivity contribution is -0.142. The van der Waals surface area contributed by atoms with E-state index in [1.165, 1.54) is 7.11 Å². The Kier molecular flexibility index (Phi) is 4.45. The molecule has 1 saturated carbocycles. The molecule has 0 bridgehead atoms. The Morgan fingerprint density at radius 1 is 1.39 bits per heavy atom. The molecule has 1 fully saturated rings. The Balaban J connectivity index is 2.57. The Morgan fingerprint density at radius 2 is 2.00 bits per heavy atom. The Morgan fingerprint density at radius 3 is 2.44 bits per heavy atom. The first-order valence-electron chi connectivity index (χ1n) is 5.58. The van der Waals surface area contributed by atoms with Crippen LogP contribution in [0.2, 0.25) is 0 Å². The third-order valence-electron chi connectivity index (χ3n) is 3.22. The molecule has 0 aromatic rings. The van der Waals surface area contributed by atoms with Crippen molar-refractivity contribution in [1.82, 2.24) is 0 Å². The van der Waals surface area contributed by atoms with Crippen molar-refractivity contribution in [2.45, 2.75) is 13.8 Å². The van der Waals surface area contributed by atoms with Gasteiger partial charge in [0, 0.05) is 7.11 Å². The minimum Gasteiger partial charge on any atom is -0.481 e. The number of carbonyl (C=O) groups excluding carboxylic acids is 1. The van der Waals surface area contributed by atoms with E-state index in [0.717, 1.165) is 6.08 Å². The first-order chi connectivity index (χ1) is 8.32. The molecule has 2 unspecified atom stereocenters. The third-order valence-corrected chi connectivity index (χ3v) is 3.22. The molecule has 18 heavy (non-hydrogen) atoms. The number of halogens is 1. The van der Waals surface area contributed by atoms with E-state index in [2.05, 4.69) is 9.47 Å². The summed E-state index contributed by atoms with van der Waals surface area (Å²) in [4.78, 5) is 22.1. The number of ether oxygens (including phenoxy) is 2. The lowest BCUT2D eigenvalue weighted by Gasteiger charge is -2.02. The molecule has 0 amide bonds. The summed E-state index contributed by atoms with van der Waals surface area (Å²) >= 11 is 0. The number of carboxylic acids is 1. The van der Waals surface area contributed by atoms with E-state index in [1.807, 2.05) is 0 Å². The predicted octanol–water partition coefficient (Wildman–Crippen LogP) is 1.39.